The van der Waals surface area contributed by atoms with E-state index in [1.54, 1.807) is 24.5 Å². The maximum atomic E-state index is 13.4. The molecule has 1 aromatic heterocycles. The van der Waals surface area contributed by atoms with Crippen LogP contribution in [-0.4, -0.2) is 17.1 Å². The highest BCUT2D eigenvalue weighted by molar-refractivity contribution is 6.01. The maximum Gasteiger partial charge on any atom is 0.225 e. The normalized spacial score (nSPS) is 17.7. The van der Waals surface area contributed by atoms with Crippen LogP contribution in [0.3, 0.4) is 0 Å². The van der Waals surface area contributed by atoms with Crippen LogP contribution in [0, 0.1) is 5.82 Å². The lowest BCUT2D eigenvalue weighted by Gasteiger charge is -2.24. The highest BCUT2D eigenvalue weighted by Gasteiger charge is 2.32. The minimum absolute atomic E-state index is 0.00141. The predicted octanol–water partition coefficient (Wildman–Crippen LogP) is 3.70. The first-order chi connectivity index (χ1) is 14.2. The molecule has 3 N–H and O–H groups in total. The highest BCUT2D eigenvalue weighted by atomic mass is 19.1. The van der Waals surface area contributed by atoms with Gasteiger partial charge < -0.3 is 16.0 Å². The third-order valence-corrected chi connectivity index (χ3v) is 5.00. The van der Waals surface area contributed by atoms with E-state index in [1.807, 2.05) is 24.3 Å². The van der Waals surface area contributed by atoms with Crippen LogP contribution in [-0.2, 0) is 4.79 Å². The maximum absolute atomic E-state index is 13.4. The number of rotatable bonds is 6. The van der Waals surface area contributed by atoms with Gasteiger partial charge in [-0.15, -0.1) is 0 Å². The number of nitrogens with one attached hydrogen (secondary N) is 3. The van der Waals surface area contributed by atoms with Gasteiger partial charge in [0.2, 0.25) is 5.91 Å². The zero-order valence-electron chi connectivity index (χ0n) is 16.2. The Kier molecular flexibility index (Phi) is 5.42. The second-order valence-corrected chi connectivity index (χ2v) is 7.07. The molecule has 2 aliphatic heterocycles. The fraction of sp³-hybridized carbons (Fsp3) is 0.217. The molecule has 3 heterocycles. The number of carbonyl (C=O) groups excluding carboxylic acids is 1. The molecular formula is C23H23FN4O. The Hall–Kier alpha value is -3.41. The zero-order chi connectivity index (χ0) is 20.2. The van der Waals surface area contributed by atoms with Gasteiger partial charge in [0.1, 0.15) is 17.8 Å². The van der Waals surface area contributed by atoms with Gasteiger partial charge >= 0.3 is 0 Å². The van der Waals surface area contributed by atoms with E-state index in [4.69, 9.17) is 0 Å². The standard InChI is InChI=1S/C23H23FN4O/c1-2-3-4-20(29)26-19-10-9-18-21(15-11-13-25-14-12-15)22(28-23(18)27-19)16-5-7-17(24)8-6-16/h5-14,23,27-28H,2-4H2,1H3,(H,26,29). The van der Waals surface area contributed by atoms with E-state index in [1.165, 1.54) is 12.1 Å². The van der Waals surface area contributed by atoms with Crippen molar-refractivity contribution in [1.82, 2.24) is 20.9 Å². The van der Waals surface area contributed by atoms with E-state index in [0.717, 1.165) is 40.8 Å². The number of nitrogens with zero attached hydrogens (tertiary/aromatic N) is 1. The first-order valence-corrected chi connectivity index (χ1v) is 9.81. The molecule has 1 aromatic carbocycles. The minimum Gasteiger partial charge on any atom is -0.361 e. The summed E-state index contributed by atoms with van der Waals surface area (Å²) in [7, 11) is 0. The molecule has 0 radical (unpaired) electrons. The molecule has 29 heavy (non-hydrogen) atoms. The summed E-state index contributed by atoms with van der Waals surface area (Å²) in [5.74, 6) is 0.398. The largest absolute Gasteiger partial charge is 0.361 e. The molecule has 2 aliphatic rings. The van der Waals surface area contributed by atoms with Gasteiger partial charge in [0.05, 0.1) is 5.70 Å². The first-order valence-electron chi connectivity index (χ1n) is 9.81. The number of hydrogen-bond donors (Lipinski definition) is 3. The highest BCUT2D eigenvalue weighted by Crippen LogP contribution is 2.38. The summed E-state index contributed by atoms with van der Waals surface area (Å²) in [6.45, 7) is 2.06. The van der Waals surface area contributed by atoms with E-state index < -0.39 is 0 Å². The number of hydrogen-bond acceptors (Lipinski definition) is 4. The van der Waals surface area contributed by atoms with E-state index in [9.17, 15) is 9.18 Å². The molecule has 4 rings (SSSR count). The third kappa shape index (κ3) is 4.06. The summed E-state index contributed by atoms with van der Waals surface area (Å²) in [6.07, 6.45) is 9.56. The summed E-state index contributed by atoms with van der Waals surface area (Å²) in [6, 6.07) is 10.3. The number of aromatic nitrogens is 1. The minimum atomic E-state index is -0.272. The van der Waals surface area contributed by atoms with Crippen molar-refractivity contribution in [2.45, 2.75) is 32.4 Å². The van der Waals surface area contributed by atoms with Gasteiger partial charge in [0, 0.05) is 30.0 Å². The van der Waals surface area contributed by atoms with E-state index >= 15 is 0 Å². The molecule has 1 atom stereocenters. The lowest BCUT2D eigenvalue weighted by Crippen LogP contribution is -2.44. The second kappa shape index (κ2) is 8.31. The van der Waals surface area contributed by atoms with Crippen LogP contribution in [0.2, 0.25) is 0 Å². The van der Waals surface area contributed by atoms with Gasteiger partial charge in [-0.2, -0.15) is 0 Å². The van der Waals surface area contributed by atoms with Gasteiger partial charge in [-0.1, -0.05) is 19.4 Å². The van der Waals surface area contributed by atoms with Crippen LogP contribution < -0.4 is 16.0 Å². The Morgan fingerprint density at radius 3 is 2.55 bits per heavy atom. The molecule has 0 aliphatic carbocycles. The van der Waals surface area contributed by atoms with Crippen LogP contribution in [0.1, 0.15) is 37.3 Å². The van der Waals surface area contributed by atoms with Gasteiger partial charge in [0.25, 0.3) is 0 Å². The molecule has 2 aromatic rings. The van der Waals surface area contributed by atoms with E-state index in [-0.39, 0.29) is 17.9 Å². The average Bonchev–Trinajstić information content (AvgIpc) is 3.12. The predicted molar refractivity (Wildman–Crippen MR) is 111 cm³/mol. The van der Waals surface area contributed by atoms with Gasteiger partial charge in [-0.25, -0.2) is 4.39 Å². The Labute approximate surface area is 169 Å². The monoisotopic (exact) mass is 390 g/mol. The summed E-state index contributed by atoms with van der Waals surface area (Å²) >= 11 is 0. The van der Waals surface area contributed by atoms with Crippen LogP contribution in [0.15, 0.2) is 72.3 Å². The van der Waals surface area contributed by atoms with Crippen LogP contribution in [0.25, 0.3) is 11.3 Å². The number of benzene rings is 1. The van der Waals surface area contributed by atoms with Crippen molar-refractivity contribution in [3.63, 3.8) is 0 Å². The van der Waals surface area contributed by atoms with Crippen molar-refractivity contribution < 1.29 is 9.18 Å². The fourth-order valence-corrected chi connectivity index (χ4v) is 3.55. The molecule has 5 nitrogen and oxygen atoms in total. The number of dihydropyridines is 1. The first kappa shape index (κ1) is 18.9. The third-order valence-electron chi connectivity index (χ3n) is 5.00. The number of allylic oxidation sites excluding steroid dienone is 2. The van der Waals surface area contributed by atoms with Gasteiger partial charge in [-0.05, 0) is 60.0 Å². The van der Waals surface area contributed by atoms with Gasteiger partial charge in [0.15, 0.2) is 0 Å². The number of amides is 1. The summed E-state index contributed by atoms with van der Waals surface area (Å²) in [5, 5.41) is 9.77. The van der Waals surface area contributed by atoms with Gasteiger partial charge in [-0.3, -0.25) is 9.78 Å². The number of fused-ring (bicyclic) bond motifs is 1. The van der Waals surface area contributed by atoms with Crippen molar-refractivity contribution in [3.05, 3.63) is 89.3 Å². The molecule has 6 heteroatoms. The molecule has 1 amide bonds. The number of halogens is 1. The smallest absolute Gasteiger partial charge is 0.225 e. The molecule has 0 fully saturated rings. The molecule has 148 valence electrons. The lowest BCUT2D eigenvalue weighted by molar-refractivity contribution is -0.120. The quantitative estimate of drug-likeness (QED) is 0.704. The molecule has 0 spiro atoms. The van der Waals surface area contributed by atoms with E-state index in [2.05, 4.69) is 27.9 Å². The van der Waals surface area contributed by atoms with Crippen LogP contribution >= 0.6 is 0 Å². The SMILES string of the molecule is CCCCC(=O)NC1=CC=C2C(c3ccncc3)=C(c3ccc(F)cc3)NC2N1. The molecule has 0 bridgehead atoms. The molecule has 0 saturated heterocycles. The van der Waals surface area contributed by atoms with Crippen molar-refractivity contribution in [2.24, 2.45) is 0 Å². The Balaban J connectivity index is 1.67. The van der Waals surface area contributed by atoms with Crippen LogP contribution in [0.4, 0.5) is 4.39 Å². The van der Waals surface area contributed by atoms with E-state index in [0.29, 0.717) is 12.2 Å². The zero-order valence-corrected chi connectivity index (χ0v) is 16.2. The molecular weight excluding hydrogens is 367 g/mol. The fourth-order valence-electron chi connectivity index (χ4n) is 3.55. The Bertz CT molecular complexity index is 993. The van der Waals surface area contributed by atoms with Crippen molar-refractivity contribution in [1.29, 1.82) is 0 Å². The number of unbranched alkanes of at least 4 members (excludes halogenated alkanes) is 1. The Morgan fingerprint density at radius 1 is 1.07 bits per heavy atom. The summed E-state index contributed by atoms with van der Waals surface area (Å²) in [4.78, 5) is 16.2. The van der Waals surface area contributed by atoms with Crippen molar-refractivity contribution in [2.75, 3.05) is 0 Å². The summed E-state index contributed by atoms with van der Waals surface area (Å²) in [5.41, 5.74) is 4.91. The molecule has 1 unspecified atom stereocenters. The topological polar surface area (TPSA) is 66.0 Å². The van der Waals surface area contributed by atoms with Crippen molar-refractivity contribution in [3.8, 4) is 0 Å². The molecule has 0 saturated carbocycles. The average molecular weight is 390 g/mol. The van der Waals surface area contributed by atoms with Crippen LogP contribution in [0.5, 0.6) is 0 Å². The number of carbonyl (C=O) groups is 1. The lowest BCUT2D eigenvalue weighted by atomic mass is 9.94. The second-order valence-electron chi connectivity index (χ2n) is 7.07. The Morgan fingerprint density at radius 2 is 1.83 bits per heavy atom. The van der Waals surface area contributed by atoms with Crippen molar-refractivity contribution >= 4 is 17.2 Å². The number of pyridine rings is 1. The summed E-state index contributed by atoms with van der Waals surface area (Å²) < 4.78 is 13.4.